The molecule has 1 aliphatic heterocycles. The molecule has 0 aromatic carbocycles. The Balaban J connectivity index is 1.98. The highest BCUT2D eigenvalue weighted by Gasteiger charge is 2.41. The Morgan fingerprint density at radius 1 is 1.13 bits per heavy atom. The van der Waals surface area contributed by atoms with E-state index in [4.69, 9.17) is 5.73 Å². The van der Waals surface area contributed by atoms with E-state index >= 15 is 0 Å². The molecule has 0 aliphatic carbocycles. The van der Waals surface area contributed by atoms with E-state index in [1.54, 1.807) is 0 Å². The second kappa shape index (κ2) is 5.86. The van der Waals surface area contributed by atoms with Crippen molar-refractivity contribution in [1.29, 1.82) is 0 Å². The Kier molecular flexibility index (Phi) is 5.07. The number of hydrogen-bond acceptors (Lipinski definition) is 2. The molecule has 0 aromatic heterocycles. The van der Waals surface area contributed by atoms with E-state index in [1.165, 1.54) is 38.6 Å². The van der Waals surface area contributed by atoms with Crippen molar-refractivity contribution in [2.45, 2.75) is 58.4 Å². The number of rotatable bonds is 7. The van der Waals surface area contributed by atoms with Crippen LogP contribution in [-0.2, 0) is 0 Å². The number of likely N-dealkylation sites (tertiary alicyclic amines) is 1. The van der Waals surface area contributed by atoms with Crippen LogP contribution in [0.2, 0.25) is 0 Å². The molecule has 1 heterocycles. The van der Waals surface area contributed by atoms with Crippen molar-refractivity contribution in [1.82, 2.24) is 4.90 Å². The maximum atomic E-state index is 6.25. The van der Waals surface area contributed by atoms with E-state index in [1.807, 2.05) is 0 Å². The van der Waals surface area contributed by atoms with Gasteiger partial charge in [-0.2, -0.15) is 0 Å². The fourth-order valence-corrected chi connectivity index (χ4v) is 2.25. The zero-order valence-electron chi connectivity index (χ0n) is 10.8. The Hall–Kier alpha value is -0.0800. The quantitative estimate of drug-likeness (QED) is 0.657. The van der Waals surface area contributed by atoms with Gasteiger partial charge in [0.25, 0.3) is 0 Å². The lowest BCUT2D eigenvalue weighted by molar-refractivity contribution is 0.0366. The van der Waals surface area contributed by atoms with Crippen molar-refractivity contribution in [2.75, 3.05) is 19.6 Å². The van der Waals surface area contributed by atoms with E-state index in [9.17, 15) is 0 Å². The summed E-state index contributed by atoms with van der Waals surface area (Å²) in [6.45, 7) is 10.2. The summed E-state index contributed by atoms with van der Waals surface area (Å²) < 4.78 is 0. The van der Waals surface area contributed by atoms with Crippen molar-refractivity contribution >= 4 is 0 Å². The molecule has 0 saturated carbocycles. The van der Waals surface area contributed by atoms with E-state index in [0.29, 0.717) is 5.92 Å². The highest BCUT2D eigenvalue weighted by molar-refractivity contribution is 5.01. The van der Waals surface area contributed by atoms with Gasteiger partial charge in [0.2, 0.25) is 0 Å². The average molecular weight is 212 g/mol. The first kappa shape index (κ1) is 13.0. The van der Waals surface area contributed by atoms with Gasteiger partial charge in [0, 0.05) is 18.6 Å². The summed E-state index contributed by atoms with van der Waals surface area (Å²) >= 11 is 0. The Labute approximate surface area is 95.2 Å². The third kappa shape index (κ3) is 3.76. The molecule has 0 aromatic rings. The van der Waals surface area contributed by atoms with Gasteiger partial charge in [-0.1, -0.05) is 46.5 Å². The topological polar surface area (TPSA) is 29.3 Å². The highest BCUT2D eigenvalue weighted by atomic mass is 15.2. The lowest BCUT2D eigenvalue weighted by Crippen LogP contribution is -2.69. The molecule has 0 bridgehead atoms. The third-order valence-electron chi connectivity index (χ3n) is 3.76. The van der Waals surface area contributed by atoms with Gasteiger partial charge >= 0.3 is 0 Å². The van der Waals surface area contributed by atoms with Gasteiger partial charge in [-0.25, -0.2) is 0 Å². The first-order valence-corrected chi connectivity index (χ1v) is 6.59. The summed E-state index contributed by atoms with van der Waals surface area (Å²) in [6, 6.07) is 0. The van der Waals surface area contributed by atoms with Crippen molar-refractivity contribution in [3.8, 4) is 0 Å². The maximum absolute atomic E-state index is 6.25. The van der Waals surface area contributed by atoms with Gasteiger partial charge in [0.15, 0.2) is 0 Å². The molecule has 0 spiro atoms. The predicted octanol–water partition coefficient (Wildman–Crippen LogP) is 2.63. The molecule has 0 radical (unpaired) electrons. The average Bonchev–Trinajstić information content (AvgIpc) is 2.14. The monoisotopic (exact) mass is 212 g/mol. The predicted molar refractivity (Wildman–Crippen MR) is 67.0 cm³/mol. The van der Waals surface area contributed by atoms with Crippen LogP contribution in [0.15, 0.2) is 0 Å². The lowest BCUT2D eigenvalue weighted by Gasteiger charge is -2.50. The van der Waals surface area contributed by atoms with Crippen molar-refractivity contribution in [3.05, 3.63) is 0 Å². The standard InChI is InChI=1S/C13H28N2/c1-4-5-6-7-8-9-15-10-13(14,11-15)12(2)3/h12H,4-11,14H2,1-3H3. The molecule has 15 heavy (non-hydrogen) atoms. The van der Waals surface area contributed by atoms with Crippen LogP contribution in [-0.4, -0.2) is 30.1 Å². The van der Waals surface area contributed by atoms with Gasteiger partial charge in [-0.15, -0.1) is 0 Å². The maximum Gasteiger partial charge on any atom is 0.0435 e. The fraction of sp³-hybridized carbons (Fsp3) is 1.00. The van der Waals surface area contributed by atoms with Gasteiger partial charge < -0.3 is 5.73 Å². The number of hydrogen-bond donors (Lipinski definition) is 1. The summed E-state index contributed by atoms with van der Waals surface area (Å²) in [5.41, 5.74) is 6.36. The van der Waals surface area contributed by atoms with Crippen molar-refractivity contribution in [3.63, 3.8) is 0 Å². The largest absolute Gasteiger partial charge is 0.323 e. The molecule has 2 heteroatoms. The van der Waals surface area contributed by atoms with Gasteiger partial charge in [-0.3, -0.25) is 4.90 Å². The van der Waals surface area contributed by atoms with Crippen LogP contribution in [0.1, 0.15) is 52.9 Å². The highest BCUT2D eigenvalue weighted by Crippen LogP contribution is 2.26. The smallest absolute Gasteiger partial charge is 0.0435 e. The Morgan fingerprint density at radius 2 is 1.73 bits per heavy atom. The molecule has 0 unspecified atom stereocenters. The van der Waals surface area contributed by atoms with Crippen molar-refractivity contribution in [2.24, 2.45) is 11.7 Å². The second-order valence-electron chi connectivity index (χ2n) is 5.51. The van der Waals surface area contributed by atoms with Gasteiger partial charge in [0.1, 0.15) is 0 Å². The van der Waals surface area contributed by atoms with Crippen LogP contribution >= 0.6 is 0 Å². The zero-order valence-corrected chi connectivity index (χ0v) is 10.8. The summed E-state index contributed by atoms with van der Waals surface area (Å²) in [4.78, 5) is 2.51. The Morgan fingerprint density at radius 3 is 2.27 bits per heavy atom. The molecule has 2 N–H and O–H groups in total. The van der Waals surface area contributed by atoms with Crippen LogP contribution in [0, 0.1) is 5.92 Å². The number of nitrogens with zero attached hydrogens (tertiary/aromatic N) is 1. The normalized spacial score (nSPS) is 20.6. The molecule has 1 aliphatic rings. The number of unbranched alkanes of at least 4 members (excludes halogenated alkanes) is 4. The molecule has 1 rings (SSSR count). The second-order valence-corrected chi connectivity index (χ2v) is 5.51. The first-order chi connectivity index (χ1) is 7.08. The zero-order chi connectivity index (χ0) is 11.3. The summed E-state index contributed by atoms with van der Waals surface area (Å²) in [5, 5.41) is 0. The van der Waals surface area contributed by atoms with E-state index in [2.05, 4.69) is 25.7 Å². The van der Waals surface area contributed by atoms with E-state index in [-0.39, 0.29) is 5.54 Å². The van der Waals surface area contributed by atoms with Crippen LogP contribution in [0.3, 0.4) is 0 Å². The summed E-state index contributed by atoms with van der Waals surface area (Å²) in [7, 11) is 0. The van der Waals surface area contributed by atoms with Crippen LogP contribution in [0.25, 0.3) is 0 Å². The van der Waals surface area contributed by atoms with Gasteiger partial charge in [-0.05, 0) is 18.9 Å². The Bertz CT molecular complexity index is 171. The van der Waals surface area contributed by atoms with Gasteiger partial charge in [0.05, 0.1) is 0 Å². The minimum Gasteiger partial charge on any atom is -0.323 e. The van der Waals surface area contributed by atoms with Crippen LogP contribution in [0.5, 0.6) is 0 Å². The molecule has 2 nitrogen and oxygen atoms in total. The molecular weight excluding hydrogens is 184 g/mol. The summed E-state index contributed by atoms with van der Waals surface area (Å²) in [6.07, 6.45) is 6.88. The summed E-state index contributed by atoms with van der Waals surface area (Å²) in [5.74, 6) is 0.619. The lowest BCUT2D eigenvalue weighted by atomic mass is 9.80. The minimum atomic E-state index is 0.115. The molecule has 1 fully saturated rings. The molecule has 0 amide bonds. The van der Waals surface area contributed by atoms with Crippen LogP contribution < -0.4 is 5.73 Å². The first-order valence-electron chi connectivity index (χ1n) is 6.59. The third-order valence-corrected chi connectivity index (χ3v) is 3.76. The minimum absolute atomic E-state index is 0.115. The fourth-order valence-electron chi connectivity index (χ4n) is 2.25. The van der Waals surface area contributed by atoms with Crippen molar-refractivity contribution < 1.29 is 0 Å². The molecule has 1 saturated heterocycles. The molecular formula is C13H28N2. The number of nitrogens with two attached hydrogens (primary N) is 1. The molecule has 90 valence electrons. The van der Waals surface area contributed by atoms with E-state index < -0.39 is 0 Å². The van der Waals surface area contributed by atoms with E-state index in [0.717, 1.165) is 13.1 Å². The SMILES string of the molecule is CCCCCCCN1CC(N)(C(C)C)C1. The molecule has 0 atom stereocenters. The van der Waals surface area contributed by atoms with Crippen LogP contribution in [0.4, 0.5) is 0 Å².